The Labute approximate surface area is 171 Å². The highest BCUT2D eigenvalue weighted by molar-refractivity contribution is 5.74. The minimum Gasteiger partial charge on any atom is -0.453 e. The normalized spacial score (nSPS) is 9.34. The van der Waals surface area contributed by atoms with E-state index in [9.17, 15) is 14.4 Å². The molecule has 0 atom stereocenters. The Balaban J connectivity index is 2.37. The first-order valence-electron chi connectivity index (χ1n) is 9.47. The van der Waals surface area contributed by atoms with E-state index in [-0.39, 0.29) is 24.1 Å². The largest absolute Gasteiger partial charge is 0.453 e. The van der Waals surface area contributed by atoms with Crippen molar-refractivity contribution < 1.29 is 28.6 Å². The summed E-state index contributed by atoms with van der Waals surface area (Å²) in [5.74, 6) is 11.0. The fourth-order valence-electron chi connectivity index (χ4n) is 2.28. The molecule has 0 aliphatic rings. The van der Waals surface area contributed by atoms with Gasteiger partial charge in [-0.15, -0.1) is 0 Å². The van der Waals surface area contributed by atoms with Crippen molar-refractivity contribution in [3.8, 4) is 35.2 Å². The number of esters is 3. The molecule has 0 N–H and O–H groups in total. The van der Waals surface area contributed by atoms with Gasteiger partial charge in [0, 0.05) is 45.2 Å². The van der Waals surface area contributed by atoms with Gasteiger partial charge in [0.05, 0.1) is 0 Å². The predicted octanol–water partition coefficient (Wildman–Crippen LogP) is 3.80. The van der Waals surface area contributed by atoms with Crippen LogP contribution >= 0.6 is 0 Å². The van der Waals surface area contributed by atoms with Gasteiger partial charge in [-0.25, -0.2) is 0 Å². The maximum absolute atomic E-state index is 11.2. The van der Waals surface area contributed by atoms with Crippen molar-refractivity contribution in [3.05, 3.63) is 23.8 Å². The number of ether oxygens (including phenoxy) is 3. The van der Waals surface area contributed by atoms with Gasteiger partial charge in [0.1, 0.15) is 0 Å². The van der Waals surface area contributed by atoms with Crippen LogP contribution in [0.1, 0.15) is 64.9 Å². The van der Waals surface area contributed by atoms with Gasteiger partial charge < -0.3 is 14.2 Å². The van der Waals surface area contributed by atoms with Crippen molar-refractivity contribution in [1.29, 1.82) is 0 Å². The lowest BCUT2D eigenvalue weighted by molar-refractivity contribution is -0.139. The van der Waals surface area contributed by atoms with Crippen LogP contribution in [-0.2, 0) is 19.1 Å². The number of hydrogen-bond acceptors (Lipinski definition) is 6. The fraction of sp³-hybridized carbons (Fsp3) is 0.435. The van der Waals surface area contributed by atoms with E-state index in [1.54, 1.807) is 18.2 Å². The minimum atomic E-state index is -0.500. The highest BCUT2D eigenvalue weighted by atomic mass is 16.6. The number of carbonyl (C=O) groups excluding carboxylic acids is 3. The predicted molar refractivity (Wildman–Crippen MR) is 108 cm³/mol. The second-order valence-electron chi connectivity index (χ2n) is 6.20. The second kappa shape index (κ2) is 13.8. The van der Waals surface area contributed by atoms with E-state index in [4.69, 9.17) is 14.2 Å². The Morgan fingerprint density at radius 1 is 0.759 bits per heavy atom. The molecule has 0 fully saturated rings. The van der Waals surface area contributed by atoms with Crippen molar-refractivity contribution in [1.82, 2.24) is 0 Å². The van der Waals surface area contributed by atoms with Crippen molar-refractivity contribution in [2.45, 2.75) is 59.3 Å². The molecule has 0 bridgehead atoms. The van der Waals surface area contributed by atoms with Crippen molar-refractivity contribution >= 4 is 17.9 Å². The highest BCUT2D eigenvalue weighted by Gasteiger charge is 2.10. The van der Waals surface area contributed by atoms with Gasteiger partial charge in [-0.3, -0.25) is 14.4 Å². The summed E-state index contributed by atoms with van der Waals surface area (Å²) in [4.78, 5) is 32.9. The first kappa shape index (κ1) is 23.8. The van der Waals surface area contributed by atoms with Crippen LogP contribution in [0.3, 0.4) is 0 Å². The highest BCUT2D eigenvalue weighted by Crippen LogP contribution is 2.28. The van der Waals surface area contributed by atoms with Crippen LogP contribution < -0.4 is 9.47 Å². The minimum absolute atomic E-state index is 0.159. The van der Waals surface area contributed by atoms with Crippen LogP contribution in [0.4, 0.5) is 0 Å². The Bertz CT molecular complexity index is 832. The van der Waals surface area contributed by atoms with Gasteiger partial charge in [-0.2, -0.15) is 0 Å². The second-order valence-corrected chi connectivity index (χ2v) is 6.20. The molecule has 1 rings (SSSR count). The monoisotopic (exact) mass is 398 g/mol. The first-order valence-corrected chi connectivity index (χ1v) is 9.47. The summed E-state index contributed by atoms with van der Waals surface area (Å²) in [6.45, 7) is 4.08. The molecule has 0 radical (unpaired) electrons. The molecule has 0 amide bonds. The number of hydrogen-bond donors (Lipinski definition) is 0. The number of benzene rings is 1. The van der Waals surface area contributed by atoms with E-state index in [1.165, 1.54) is 20.8 Å². The lowest BCUT2D eigenvalue weighted by Crippen LogP contribution is -2.07. The average Bonchev–Trinajstić information content (AvgIpc) is 2.63. The molecule has 29 heavy (non-hydrogen) atoms. The summed E-state index contributed by atoms with van der Waals surface area (Å²) in [6, 6.07) is 4.86. The summed E-state index contributed by atoms with van der Waals surface area (Å²) >= 11 is 0. The van der Waals surface area contributed by atoms with Gasteiger partial charge in [-0.05, 0) is 25.0 Å². The topological polar surface area (TPSA) is 78.9 Å². The zero-order valence-electron chi connectivity index (χ0n) is 17.1. The van der Waals surface area contributed by atoms with Gasteiger partial charge in [0.2, 0.25) is 0 Å². The van der Waals surface area contributed by atoms with Crippen LogP contribution in [0.25, 0.3) is 0 Å². The smallest absolute Gasteiger partial charge is 0.308 e. The third-order valence-electron chi connectivity index (χ3n) is 3.51. The molecule has 0 aliphatic heterocycles. The standard InChI is InChI=1S/C23H26O6/c1-18(24)27-16-12-10-8-6-4-5-7-9-11-13-21-14-15-22(28-19(2)25)23(17-21)29-20(3)26/h14-15,17H,4-9,16H2,1-3H3. The molecule has 154 valence electrons. The maximum atomic E-state index is 11.2. The quantitative estimate of drug-likeness (QED) is 0.287. The zero-order valence-corrected chi connectivity index (χ0v) is 17.1. The summed E-state index contributed by atoms with van der Waals surface area (Å²) in [5.41, 5.74) is 0.681. The maximum Gasteiger partial charge on any atom is 0.308 e. The van der Waals surface area contributed by atoms with Gasteiger partial charge >= 0.3 is 17.9 Å². The van der Waals surface area contributed by atoms with Crippen molar-refractivity contribution in [2.24, 2.45) is 0 Å². The molecule has 0 saturated carbocycles. The molecule has 6 heteroatoms. The van der Waals surface area contributed by atoms with Crippen LogP contribution in [0.15, 0.2) is 18.2 Å². The molecule has 0 aliphatic carbocycles. The third-order valence-corrected chi connectivity index (χ3v) is 3.51. The summed E-state index contributed by atoms with van der Waals surface area (Å²) in [7, 11) is 0. The Morgan fingerprint density at radius 3 is 2.00 bits per heavy atom. The van der Waals surface area contributed by atoms with Crippen LogP contribution in [0.5, 0.6) is 11.5 Å². The Morgan fingerprint density at radius 2 is 1.38 bits per heavy atom. The van der Waals surface area contributed by atoms with E-state index in [1.807, 2.05) is 0 Å². The molecular formula is C23H26O6. The molecular weight excluding hydrogens is 372 g/mol. The van der Waals surface area contributed by atoms with Crippen molar-refractivity contribution in [3.63, 3.8) is 0 Å². The molecule has 0 spiro atoms. The molecule has 0 aromatic heterocycles. The lowest BCUT2D eigenvalue weighted by atomic mass is 10.1. The van der Waals surface area contributed by atoms with Gasteiger partial charge in [0.25, 0.3) is 0 Å². The first-order chi connectivity index (χ1) is 13.9. The lowest BCUT2D eigenvalue weighted by Gasteiger charge is -2.08. The van der Waals surface area contributed by atoms with E-state index < -0.39 is 11.9 Å². The fourth-order valence-corrected chi connectivity index (χ4v) is 2.28. The molecule has 6 nitrogen and oxygen atoms in total. The van der Waals surface area contributed by atoms with E-state index in [2.05, 4.69) is 23.7 Å². The molecule has 0 unspecified atom stereocenters. The van der Waals surface area contributed by atoms with Crippen LogP contribution in [-0.4, -0.2) is 24.5 Å². The zero-order chi connectivity index (χ0) is 21.5. The molecule has 1 aromatic rings. The SMILES string of the molecule is CC(=O)OCC#CCCCCCCC#Cc1ccc(OC(C)=O)c(OC(C)=O)c1. The summed E-state index contributed by atoms with van der Waals surface area (Å²) in [6.07, 6.45) is 5.66. The Kier molecular flexibility index (Phi) is 11.4. The third kappa shape index (κ3) is 11.9. The summed E-state index contributed by atoms with van der Waals surface area (Å²) in [5, 5.41) is 0. The van der Waals surface area contributed by atoms with E-state index >= 15 is 0 Å². The number of rotatable bonds is 8. The summed E-state index contributed by atoms with van der Waals surface area (Å²) < 4.78 is 14.8. The average molecular weight is 398 g/mol. The molecule has 0 heterocycles. The van der Waals surface area contributed by atoms with Gasteiger partial charge in [-0.1, -0.05) is 36.5 Å². The number of unbranched alkanes of at least 4 members (excludes halogenated alkanes) is 5. The van der Waals surface area contributed by atoms with Gasteiger partial charge in [0.15, 0.2) is 18.1 Å². The molecule has 1 aromatic carbocycles. The van der Waals surface area contributed by atoms with E-state index in [0.29, 0.717) is 5.56 Å². The van der Waals surface area contributed by atoms with Crippen LogP contribution in [0.2, 0.25) is 0 Å². The van der Waals surface area contributed by atoms with E-state index in [0.717, 1.165) is 38.5 Å². The number of carbonyl (C=O) groups is 3. The Hall–Kier alpha value is -3.25. The van der Waals surface area contributed by atoms with Crippen LogP contribution in [0, 0.1) is 23.7 Å². The van der Waals surface area contributed by atoms with Crippen molar-refractivity contribution in [2.75, 3.05) is 6.61 Å². The molecule has 0 saturated heterocycles.